The first kappa shape index (κ1) is 19.3. The third-order valence-corrected chi connectivity index (χ3v) is 5.35. The molecule has 1 aliphatic heterocycles. The van der Waals surface area contributed by atoms with E-state index in [0.717, 1.165) is 30.7 Å². The van der Waals surface area contributed by atoms with Gasteiger partial charge in [-0.1, -0.05) is 25.3 Å². The van der Waals surface area contributed by atoms with Crippen LogP contribution in [0.1, 0.15) is 60.3 Å². The topological polar surface area (TPSA) is 88.8 Å². The minimum atomic E-state index is -2.87. The van der Waals surface area contributed by atoms with Crippen molar-refractivity contribution in [2.75, 3.05) is 7.05 Å². The van der Waals surface area contributed by atoms with Crippen LogP contribution in [-0.4, -0.2) is 45.3 Å². The molecule has 4 rings (SSSR count). The number of alkyl halides is 2. The maximum absolute atomic E-state index is 12.7. The fourth-order valence-corrected chi connectivity index (χ4v) is 3.70. The summed E-state index contributed by atoms with van der Waals surface area (Å²) in [5, 5.41) is 7.88. The van der Waals surface area contributed by atoms with E-state index in [4.69, 9.17) is 9.25 Å². The molecule has 0 N–H and O–H groups in total. The van der Waals surface area contributed by atoms with Gasteiger partial charge in [-0.25, -0.2) is 4.79 Å². The van der Waals surface area contributed by atoms with Crippen LogP contribution in [0.4, 0.5) is 13.6 Å². The summed E-state index contributed by atoms with van der Waals surface area (Å²) in [6.45, 7) is 0.116. The molecule has 1 saturated carbocycles. The minimum Gasteiger partial charge on any atom is -0.415 e. The highest BCUT2D eigenvalue weighted by Gasteiger charge is 2.33. The van der Waals surface area contributed by atoms with E-state index in [1.807, 2.05) is 0 Å². The molecule has 1 aliphatic carbocycles. The number of carbonyl (C=O) groups is 2. The van der Waals surface area contributed by atoms with Gasteiger partial charge in [-0.3, -0.25) is 4.79 Å². The fraction of sp³-hybridized carbons (Fsp3) is 0.474. The van der Waals surface area contributed by atoms with Crippen LogP contribution in [0.2, 0.25) is 0 Å². The zero-order valence-corrected chi connectivity index (χ0v) is 15.8. The van der Waals surface area contributed by atoms with Crippen molar-refractivity contribution in [3.63, 3.8) is 0 Å². The van der Waals surface area contributed by atoms with Gasteiger partial charge in [-0.2, -0.15) is 13.8 Å². The Hall–Kier alpha value is -3.04. The lowest BCUT2D eigenvalue weighted by molar-refractivity contribution is -0.0846. The maximum Gasteiger partial charge on any atom is 0.434 e. The lowest BCUT2D eigenvalue weighted by atomic mass is 9.95. The van der Waals surface area contributed by atoms with Gasteiger partial charge in [0.1, 0.15) is 0 Å². The zero-order valence-electron chi connectivity index (χ0n) is 15.8. The smallest absolute Gasteiger partial charge is 0.415 e. The van der Waals surface area contributed by atoms with Crippen molar-refractivity contribution in [1.29, 1.82) is 0 Å². The number of carbonyl (C=O) groups excluding carboxylic acids is 2. The third kappa shape index (κ3) is 3.79. The van der Waals surface area contributed by atoms with Gasteiger partial charge in [0.25, 0.3) is 11.8 Å². The number of benzene rings is 1. The van der Waals surface area contributed by atoms with Gasteiger partial charge in [0.15, 0.2) is 0 Å². The number of hydrogen-bond donors (Lipinski definition) is 0. The second-order valence-electron chi connectivity index (χ2n) is 7.22. The first-order valence-electron chi connectivity index (χ1n) is 9.45. The zero-order chi connectivity index (χ0) is 20.5. The van der Waals surface area contributed by atoms with E-state index in [9.17, 15) is 18.4 Å². The molecule has 0 spiro atoms. The number of amides is 2. The molecule has 0 saturated heterocycles. The van der Waals surface area contributed by atoms with Gasteiger partial charge in [-0.05, 0) is 30.5 Å². The first-order chi connectivity index (χ1) is 13.9. The summed E-state index contributed by atoms with van der Waals surface area (Å²) in [6.07, 6.45) is 1.71. The van der Waals surface area contributed by atoms with E-state index in [2.05, 4.69) is 10.2 Å². The summed E-state index contributed by atoms with van der Waals surface area (Å²) in [5.41, 5.74) is 1.29. The van der Waals surface area contributed by atoms with Gasteiger partial charge >= 0.3 is 12.5 Å². The summed E-state index contributed by atoms with van der Waals surface area (Å²) < 4.78 is 30.2. The van der Waals surface area contributed by atoms with Gasteiger partial charge < -0.3 is 14.2 Å². The van der Waals surface area contributed by atoms with E-state index in [1.165, 1.54) is 12.5 Å². The van der Waals surface area contributed by atoms with Crippen LogP contribution in [0.25, 0.3) is 11.5 Å². The number of hydrogen-bond acceptors (Lipinski definition) is 6. The van der Waals surface area contributed by atoms with Crippen molar-refractivity contribution in [3.05, 3.63) is 35.2 Å². The predicted octanol–water partition coefficient (Wildman–Crippen LogP) is 3.95. The Kier molecular flexibility index (Phi) is 5.16. The summed E-state index contributed by atoms with van der Waals surface area (Å²) in [5.74, 6) is -1.38. The number of aromatic nitrogens is 2. The molecule has 0 unspecified atom stereocenters. The summed E-state index contributed by atoms with van der Waals surface area (Å²) in [6, 6.07) is 4.82. The summed E-state index contributed by atoms with van der Waals surface area (Å²) in [7, 11) is 1.68. The quantitative estimate of drug-likeness (QED) is 0.764. The van der Waals surface area contributed by atoms with Crippen LogP contribution in [0.3, 0.4) is 0 Å². The number of rotatable bonds is 4. The van der Waals surface area contributed by atoms with Crippen LogP contribution in [-0.2, 0) is 11.4 Å². The Balaban J connectivity index is 1.46. The molecule has 0 atom stereocenters. The van der Waals surface area contributed by atoms with Gasteiger partial charge in [-0.15, -0.1) is 10.2 Å². The molecule has 154 valence electrons. The first-order valence-corrected chi connectivity index (χ1v) is 9.45. The average Bonchev–Trinajstić information content (AvgIpc) is 3.34. The van der Waals surface area contributed by atoms with Crippen molar-refractivity contribution < 1.29 is 27.6 Å². The Morgan fingerprint density at radius 2 is 2.03 bits per heavy atom. The number of nitrogens with zero attached hydrogens (tertiary/aromatic N) is 4. The molecule has 0 radical (unpaired) electrons. The van der Waals surface area contributed by atoms with Crippen LogP contribution in [0.5, 0.6) is 0 Å². The maximum atomic E-state index is 12.7. The molecule has 1 aromatic heterocycles. The number of hydroxylamine groups is 2. The molecular weight excluding hydrogens is 386 g/mol. The molecule has 2 aromatic rings. The molecule has 1 aromatic carbocycles. The Labute approximate surface area is 165 Å². The molecule has 8 nitrogen and oxygen atoms in total. The van der Waals surface area contributed by atoms with E-state index in [0.29, 0.717) is 16.7 Å². The molecule has 2 heterocycles. The Morgan fingerprint density at radius 1 is 1.28 bits per heavy atom. The molecular formula is C19H20F2N4O4. The monoisotopic (exact) mass is 406 g/mol. The van der Waals surface area contributed by atoms with Crippen molar-refractivity contribution >= 4 is 12.0 Å². The van der Waals surface area contributed by atoms with Crippen molar-refractivity contribution in [2.24, 2.45) is 0 Å². The molecule has 0 bridgehead atoms. The van der Waals surface area contributed by atoms with Crippen LogP contribution < -0.4 is 0 Å². The highest BCUT2D eigenvalue weighted by atomic mass is 19.3. The van der Waals surface area contributed by atoms with Crippen molar-refractivity contribution in [3.8, 4) is 11.5 Å². The summed E-state index contributed by atoms with van der Waals surface area (Å²) >= 11 is 0. The van der Waals surface area contributed by atoms with Crippen molar-refractivity contribution in [2.45, 2.75) is 51.1 Å². The predicted molar refractivity (Wildman–Crippen MR) is 95.7 cm³/mol. The molecule has 2 amide bonds. The van der Waals surface area contributed by atoms with Crippen molar-refractivity contribution in [1.82, 2.24) is 20.2 Å². The Morgan fingerprint density at radius 3 is 2.72 bits per heavy atom. The molecule has 10 heteroatoms. The number of halogens is 2. The Bertz CT molecular complexity index is 927. The van der Waals surface area contributed by atoms with Gasteiger partial charge in [0.2, 0.25) is 5.89 Å². The van der Waals surface area contributed by atoms with Gasteiger partial charge in [0.05, 0.1) is 6.54 Å². The molecule has 29 heavy (non-hydrogen) atoms. The molecule has 1 fully saturated rings. The van der Waals surface area contributed by atoms with E-state index in [-0.39, 0.29) is 18.5 Å². The van der Waals surface area contributed by atoms with Gasteiger partial charge in [0, 0.05) is 24.2 Å². The van der Waals surface area contributed by atoms with Crippen LogP contribution in [0.15, 0.2) is 22.6 Å². The SMILES string of the molecule is CN(C(=O)ON1Cc2ccc(-c3nnc(C(F)F)o3)cc2C1=O)C1CCCCC1. The standard InChI is InChI=1S/C19H20F2N4O4/c1-24(13-5-3-2-4-6-13)19(27)29-25-10-12-8-7-11(9-14(12)18(25)26)16-22-23-17(28-16)15(20)21/h7-9,13,15H,2-6,10H2,1H3. The largest absolute Gasteiger partial charge is 0.434 e. The fourth-order valence-electron chi connectivity index (χ4n) is 3.70. The van der Waals surface area contributed by atoms with E-state index < -0.39 is 24.3 Å². The average molecular weight is 406 g/mol. The highest BCUT2D eigenvalue weighted by molar-refractivity contribution is 5.99. The lowest BCUT2D eigenvalue weighted by Crippen LogP contribution is -2.42. The minimum absolute atomic E-state index is 0.108. The normalized spacial score (nSPS) is 17.0. The lowest BCUT2D eigenvalue weighted by Gasteiger charge is -2.31. The second kappa shape index (κ2) is 7.76. The van der Waals surface area contributed by atoms with E-state index >= 15 is 0 Å². The highest BCUT2D eigenvalue weighted by Crippen LogP contribution is 2.30. The van der Waals surface area contributed by atoms with Crippen LogP contribution in [0, 0.1) is 0 Å². The summed E-state index contributed by atoms with van der Waals surface area (Å²) in [4.78, 5) is 32.0. The van der Waals surface area contributed by atoms with Crippen LogP contribution >= 0.6 is 0 Å². The third-order valence-electron chi connectivity index (χ3n) is 5.35. The second-order valence-corrected chi connectivity index (χ2v) is 7.22. The number of fused-ring (bicyclic) bond motifs is 1. The van der Waals surface area contributed by atoms with E-state index in [1.54, 1.807) is 24.1 Å². The molecule has 2 aliphatic rings.